The van der Waals surface area contributed by atoms with Crippen LogP contribution in [0, 0.1) is 0 Å². The van der Waals surface area contributed by atoms with Crippen molar-refractivity contribution < 1.29 is 14.9 Å². The molecule has 0 heterocycles. The van der Waals surface area contributed by atoms with Crippen LogP contribution < -0.4 is 4.89 Å². The molecule has 0 aliphatic heterocycles. The average Bonchev–Trinajstić information content (AvgIpc) is 2.69. The fraction of sp³-hybridized carbons (Fsp3) is 0.0435. The molecule has 26 heavy (non-hydrogen) atoms. The van der Waals surface area contributed by atoms with Crippen LogP contribution in [0.25, 0.3) is 24.3 Å². The molecule has 0 fully saturated rings. The largest absolute Gasteiger partial charge is 0.507 e. The number of aromatic hydroxyl groups is 1. The molecule has 0 spiro atoms. The molecule has 0 saturated carbocycles. The number of hydrogen-bond acceptors (Lipinski definition) is 3. The lowest BCUT2D eigenvalue weighted by Crippen LogP contribution is -1.95. The smallest absolute Gasteiger partial charge is 0.173 e. The highest BCUT2D eigenvalue weighted by atomic mass is 17.2. The van der Waals surface area contributed by atoms with Crippen molar-refractivity contribution in [3.05, 3.63) is 95.1 Å². The minimum atomic E-state index is 0.174. The van der Waals surface area contributed by atoms with Gasteiger partial charge < -0.3 is 9.99 Å². The molecular weight excluding hydrogens is 324 g/mol. The van der Waals surface area contributed by atoms with Gasteiger partial charge in [-0.3, -0.25) is 0 Å². The summed E-state index contributed by atoms with van der Waals surface area (Å²) in [5, 5.41) is 10.4. The van der Waals surface area contributed by atoms with Crippen LogP contribution in [0.4, 0.5) is 0 Å². The summed E-state index contributed by atoms with van der Waals surface area (Å²) in [4.78, 5) is 10.1. The normalized spacial score (nSPS) is 11.3. The molecule has 0 amide bonds. The Kier molecular flexibility index (Phi) is 5.86. The summed E-state index contributed by atoms with van der Waals surface area (Å²) in [5.74, 6) is 0.707. The fourth-order valence-electron chi connectivity index (χ4n) is 2.60. The van der Waals surface area contributed by atoms with Crippen LogP contribution >= 0.6 is 0 Å². The Morgan fingerprint density at radius 1 is 0.654 bits per heavy atom. The van der Waals surface area contributed by atoms with Crippen molar-refractivity contribution in [3.8, 4) is 11.5 Å². The van der Waals surface area contributed by atoms with Crippen LogP contribution in [0.5, 0.6) is 11.5 Å². The highest BCUT2D eigenvalue weighted by Crippen LogP contribution is 2.33. The summed E-state index contributed by atoms with van der Waals surface area (Å²) < 4.78 is 0. The zero-order valence-corrected chi connectivity index (χ0v) is 14.5. The van der Waals surface area contributed by atoms with Gasteiger partial charge in [-0.2, -0.15) is 4.89 Å². The highest BCUT2D eigenvalue weighted by Gasteiger charge is 2.11. The Bertz CT molecular complexity index is 897. The lowest BCUT2D eigenvalue weighted by Gasteiger charge is -2.10. The zero-order chi connectivity index (χ0) is 18.2. The second-order valence-electron chi connectivity index (χ2n) is 5.65. The Labute approximate surface area is 153 Å². The van der Waals surface area contributed by atoms with Crippen molar-refractivity contribution in [1.29, 1.82) is 0 Å². The number of phenolic OH excluding ortho intramolecular Hbond substituents is 1. The van der Waals surface area contributed by atoms with Gasteiger partial charge in [-0.25, -0.2) is 0 Å². The molecule has 3 aromatic carbocycles. The first-order valence-corrected chi connectivity index (χ1v) is 8.31. The van der Waals surface area contributed by atoms with Gasteiger partial charge >= 0.3 is 0 Å². The molecule has 0 saturated heterocycles. The molecule has 0 atom stereocenters. The highest BCUT2D eigenvalue weighted by molar-refractivity contribution is 5.84. The number of rotatable bonds is 6. The second-order valence-corrected chi connectivity index (χ2v) is 5.65. The Morgan fingerprint density at radius 3 is 1.73 bits per heavy atom. The molecule has 3 nitrogen and oxygen atoms in total. The quantitative estimate of drug-likeness (QED) is 0.355. The van der Waals surface area contributed by atoms with Gasteiger partial charge in [-0.15, -0.1) is 0 Å². The van der Waals surface area contributed by atoms with E-state index in [1.54, 1.807) is 12.1 Å². The zero-order valence-electron chi connectivity index (χ0n) is 14.5. The summed E-state index contributed by atoms with van der Waals surface area (Å²) in [7, 11) is 1.46. The predicted octanol–water partition coefficient (Wildman–Crippen LogP) is 5.67. The predicted molar refractivity (Wildman–Crippen MR) is 106 cm³/mol. The van der Waals surface area contributed by atoms with E-state index < -0.39 is 0 Å². The molecular formula is C23H20O3. The van der Waals surface area contributed by atoms with Crippen LogP contribution in [0.1, 0.15) is 22.3 Å². The van der Waals surface area contributed by atoms with Gasteiger partial charge in [0.25, 0.3) is 0 Å². The van der Waals surface area contributed by atoms with E-state index in [1.165, 1.54) is 7.11 Å². The molecule has 0 unspecified atom stereocenters. The maximum Gasteiger partial charge on any atom is 0.173 e. The summed E-state index contributed by atoms with van der Waals surface area (Å²) in [6.45, 7) is 0. The van der Waals surface area contributed by atoms with E-state index in [2.05, 4.69) is 0 Å². The third-order valence-electron chi connectivity index (χ3n) is 3.88. The maximum atomic E-state index is 10.4. The second kappa shape index (κ2) is 8.70. The average molecular weight is 344 g/mol. The van der Waals surface area contributed by atoms with Gasteiger partial charge in [0.05, 0.1) is 7.11 Å². The Balaban J connectivity index is 2.03. The lowest BCUT2D eigenvalue weighted by atomic mass is 10.0. The van der Waals surface area contributed by atoms with Gasteiger partial charge in [-0.1, -0.05) is 72.8 Å². The van der Waals surface area contributed by atoms with Gasteiger partial charge in [-0.05, 0) is 35.4 Å². The molecule has 0 aliphatic carbocycles. The third-order valence-corrected chi connectivity index (χ3v) is 3.88. The van der Waals surface area contributed by atoms with E-state index in [-0.39, 0.29) is 5.75 Å². The van der Waals surface area contributed by atoms with Crippen molar-refractivity contribution in [2.75, 3.05) is 7.11 Å². The Morgan fingerprint density at radius 2 is 1.19 bits per heavy atom. The van der Waals surface area contributed by atoms with Crippen LogP contribution in [0.3, 0.4) is 0 Å². The maximum absolute atomic E-state index is 10.4. The number of hydrogen-bond donors (Lipinski definition) is 1. The molecule has 1 N–H and O–H groups in total. The minimum Gasteiger partial charge on any atom is -0.507 e. The van der Waals surface area contributed by atoms with Crippen molar-refractivity contribution >= 4 is 24.3 Å². The van der Waals surface area contributed by atoms with E-state index in [0.717, 1.165) is 16.7 Å². The summed E-state index contributed by atoms with van der Waals surface area (Å²) in [6.07, 6.45) is 7.70. The molecule has 3 aromatic rings. The lowest BCUT2D eigenvalue weighted by molar-refractivity contribution is -0.178. The van der Waals surface area contributed by atoms with E-state index in [9.17, 15) is 5.11 Å². The SMILES string of the molecule is COOc1ccc(O)c(/C=C/c2ccccc2)c1/C=C/c1ccccc1. The summed E-state index contributed by atoms with van der Waals surface area (Å²) in [6, 6.07) is 23.1. The fourth-order valence-corrected chi connectivity index (χ4v) is 2.60. The summed E-state index contributed by atoms with van der Waals surface area (Å²) >= 11 is 0. The standard InChI is InChI=1S/C23H20O3/c1-25-26-23-17-16-22(24)20(14-12-18-8-4-2-5-9-18)21(23)15-13-19-10-6-3-7-11-19/h2-17,24H,1H3/b14-12+,15-13+. The van der Waals surface area contributed by atoms with E-state index in [1.807, 2.05) is 85.0 Å². The van der Waals surface area contributed by atoms with Crippen molar-refractivity contribution in [2.45, 2.75) is 0 Å². The number of benzene rings is 3. The number of phenols is 1. The molecule has 3 rings (SSSR count). The van der Waals surface area contributed by atoms with E-state index in [4.69, 9.17) is 9.78 Å². The van der Waals surface area contributed by atoms with Crippen LogP contribution in [-0.4, -0.2) is 12.2 Å². The van der Waals surface area contributed by atoms with Gasteiger partial charge in [0.2, 0.25) is 0 Å². The molecule has 0 aliphatic rings. The van der Waals surface area contributed by atoms with Gasteiger partial charge in [0.1, 0.15) is 5.75 Å². The summed E-state index contributed by atoms with van der Waals surface area (Å²) in [5.41, 5.74) is 3.50. The third kappa shape index (κ3) is 4.41. The van der Waals surface area contributed by atoms with Crippen molar-refractivity contribution in [3.63, 3.8) is 0 Å². The van der Waals surface area contributed by atoms with Crippen LogP contribution in [-0.2, 0) is 4.89 Å². The Hall–Kier alpha value is -3.30. The molecule has 130 valence electrons. The first-order chi connectivity index (χ1) is 12.8. The minimum absolute atomic E-state index is 0.174. The van der Waals surface area contributed by atoms with Crippen molar-refractivity contribution in [2.24, 2.45) is 0 Å². The topological polar surface area (TPSA) is 38.7 Å². The van der Waals surface area contributed by atoms with Crippen LogP contribution in [0.2, 0.25) is 0 Å². The van der Waals surface area contributed by atoms with Crippen LogP contribution in [0.15, 0.2) is 72.8 Å². The van der Waals surface area contributed by atoms with E-state index in [0.29, 0.717) is 11.3 Å². The first kappa shape index (κ1) is 17.5. The molecule has 3 heteroatoms. The van der Waals surface area contributed by atoms with Crippen molar-refractivity contribution in [1.82, 2.24) is 0 Å². The monoisotopic (exact) mass is 344 g/mol. The first-order valence-electron chi connectivity index (χ1n) is 8.31. The van der Waals surface area contributed by atoms with E-state index >= 15 is 0 Å². The van der Waals surface area contributed by atoms with Gasteiger partial charge in [0, 0.05) is 11.1 Å². The molecule has 0 radical (unpaired) electrons. The van der Waals surface area contributed by atoms with Gasteiger partial charge in [0.15, 0.2) is 5.75 Å². The molecule has 0 bridgehead atoms. The molecule has 0 aromatic heterocycles.